The number of aromatic nitrogens is 1. The van der Waals surface area contributed by atoms with E-state index in [-0.39, 0.29) is 0 Å². The van der Waals surface area contributed by atoms with Crippen molar-refractivity contribution in [3.05, 3.63) is 71.4 Å². The van der Waals surface area contributed by atoms with Crippen molar-refractivity contribution < 1.29 is 4.79 Å². The molecule has 1 amide bonds. The summed E-state index contributed by atoms with van der Waals surface area (Å²) in [5, 5.41) is 1.31. The monoisotopic (exact) mass is 403 g/mol. The minimum atomic E-state index is 0.314. The van der Waals surface area contributed by atoms with Gasteiger partial charge in [0.1, 0.15) is 0 Å². The Kier molecular flexibility index (Phi) is 6.53. The van der Waals surface area contributed by atoms with Crippen LogP contribution < -0.4 is 0 Å². The summed E-state index contributed by atoms with van der Waals surface area (Å²) < 4.78 is 2.36. The van der Waals surface area contributed by atoms with Crippen LogP contribution in [0.5, 0.6) is 0 Å². The van der Waals surface area contributed by atoms with Gasteiger partial charge >= 0.3 is 0 Å². The maximum absolute atomic E-state index is 12.6. The summed E-state index contributed by atoms with van der Waals surface area (Å²) in [5.41, 5.74) is 5.30. The Morgan fingerprint density at radius 1 is 0.933 bits per heavy atom. The van der Waals surface area contributed by atoms with Gasteiger partial charge in [0.05, 0.1) is 0 Å². The van der Waals surface area contributed by atoms with Gasteiger partial charge in [-0.2, -0.15) is 0 Å². The molecule has 4 rings (SSSR count). The maximum atomic E-state index is 12.6. The van der Waals surface area contributed by atoms with Crippen LogP contribution in [0.25, 0.3) is 10.9 Å². The van der Waals surface area contributed by atoms with E-state index in [9.17, 15) is 4.79 Å². The SMILES string of the molecule is CCN1CCN(C(=O)CCCc2cn(Cc3ccccc3C)c3ccccc23)CC1. The van der Waals surface area contributed by atoms with E-state index in [2.05, 4.69) is 78.0 Å². The van der Waals surface area contributed by atoms with Gasteiger partial charge in [-0.25, -0.2) is 0 Å². The van der Waals surface area contributed by atoms with Crippen LogP contribution in [-0.2, 0) is 17.8 Å². The number of fused-ring (bicyclic) bond motifs is 1. The Labute approximate surface area is 180 Å². The number of piperazine rings is 1. The molecule has 0 spiro atoms. The van der Waals surface area contributed by atoms with Crippen LogP contribution >= 0.6 is 0 Å². The highest BCUT2D eigenvalue weighted by Gasteiger charge is 2.19. The van der Waals surface area contributed by atoms with Crippen molar-refractivity contribution in [3.63, 3.8) is 0 Å². The number of hydrogen-bond acceptors (Lipinski definition) is 2. The first kappa shape index (κ1) is 20.7. The standard InChI is InChI=1S/C26H33N3O/c1-3-27-15-17-28(18-16-27)26(30)14-8-11-23-20-29(25-13-7-6-12-24(23)25)19-22-10-5-4-9-21(22)2/h4-7,9-10,12-13,20H,3,8,11,14-19H2,1-2H3. The Bertz CT molecular complexity index is 998. The number of likely N-dealkylation sites (N-methyl/N-ethyl adjacent to an activating group) is 1. The number of carbonyl (C=O) groups excluding carboxylic acids is 1. The van der Waals surface area contributed by atoms with Gasteiger partial charge in [-0.05, 0) is 49.1 Å². The Hall–Kier alpha value is -2.59. The zero-order valence-corrected chi connectivity index (χ0v) is 18.3. The average molecular weight is 404 g/mol. The Morgan fingerprint density at radius 2 is 1.67 bits per heavy atom. The van der Waals surface area contributed by atoms with Crippen LogP contribution in [0, 0.1) is 6.92 Å². The fraction of sp³-hybridized carbons (Fsp3) is 0.423. The van der Waals surface area contributed by atoms with Crippen molar-refractivity contribution in [2.24, 2.45) is 0 Å². The van der Waals surface area contributed by atoms with Crippen molar-refractivity contribution in [3.8, 4) is 0 Å². The lowest BCUT2D eigenvalue weighted by atomic mass is 10.1. The number of aryl methyl sites for hydroxylation is 2. The van der Waals surface area contributed by atoms with Gasteiger partial charge in [-0.1, -0.05) is 49.4 Å². The second-order valence-corrected chi connectivity index (χ2v) is 8.39. The molecule has 1 aliphatic rings. The molecule has 0 unspecified atom stereocenters. The van der Waals surface area contributed by atoms with E-state index in [1.165, 1.54) is 27.6 Å². The Morgan fingerprint density at radius 3 is 2.43 bits per heavy atom. The third kappa shape index (κ3) is 4.59. The number of carbonyl (C=O) groups is 1. The van der Waals surface area contributed by atoms with Gasteiger partial charge in [-0.15, -0.1) is 0 Å². The minimum absolute atomic E-state index is 0.314. The van der Waals surface area contributed by atoms with Crippen LogP contribution in [0.3, 0.4) is 0 Å². The molecular weight excluding hydrogens is 370 g/mol. The summed E-state index contributed by atoms with van der Waals surface area (Å²) in [5.74, 6) is 0.314. The second kappa shape index (κ2) is 9.48. The highest BCUT2D eigenvalue weighted by Crippen LogP contribution is 2.24. The molecule has 0 atom stereocenters. The van der Waals surface area contributed by atoms with E-state index < -0.39 is 0 Å². The van der Waals surface area contributed by atoms with Gasteiger partial charge < -0.3 is 14.4 Å². The number of benzene rings is 2. The van der Waals surface area contributed by atoms with E-state index in [4.69, 9.17) is 0 Å². The van der Waals surface area contributed by atoms with Crippen molar-refractivity contribution in [2.45, 2.75) is 39.7 Å². The topological polar surface area (TPSA) is 28.5 Å². The molecule has 0 saturated carbocycles. The van der Waals surface area contributed by atoms with Gasteiger partial charge in [0, 0.05) is 56.2 Å². The number of para-hydroxylation sites is 1. The first-order valence-corrected chi connectivity index (χ1v) is 11.3. The zero-order chi connectivity index (χ0) is 20.9. The van der Waals surface area contributed by atoms with Crippen LogP contribution in [0.15, 0.2) is 54.7 Å². The molecular formula is C26H33N3O. The molecule has 2 aromatic carbocycles. The number of nitrogens with zero attached hydrogens (tertiary/aromatic N) is 3. The van der Waals surface area contributed by atoms with Crippen LogP contribution in [0.4, 0.5) is 0 Å². The Balaban J connectivity index is 1.41. The predicted octanol–water partition coefficient (Wildman–Crippen LogP) is 4.48. The quantitative estimate of drug-likeness (QED) is 0.582. The van der Waals surface area contributed by atoms with E-state index in [1.54, 1.807) is 0 Å². The third-order valence-corrected chi connectivity index (χ3v) is 6.48. The van der Waals surface area contributed by atoms with Crippen molar-refractivity contribution in [1.29, 1.82) is 0 Å². The fourth-order valence-corrected chi connectivity index (χ4v) is 4.53. The maximum Gasteiger partial charge on any atom is 0.222 e. The normalized spacial score (nSPS) is 15.1. The van der Waals surface area contributed by atoms with Gasteiger partial charge in [0.2, 0.25) is 5.91 Å². The number of hydrogen-bond donors (Lipinski definition) is 0. The first-order valence-electron chi connectivity index (χ1n) is 11.3. The molecule has 4 heteroatoms. The summed E-state index contributed by atoms with van der Waals surface area (Å²) in [4.78, 5) is 17.1. The molecule has 3 aromatic rings. The van der Waals surface area contributed by atoms with Gasteiger partial charge in [0.15, 0.2) is 0 Å². The molecule has 0 radical (unpaired) electrons. The van der Waals surface area contributed by atoms with Crippen LogP contribution in [-0.4, -0.2) is 53.0 Å². The largest absolute Gasteiger partial charge is 0.343 e. The van der Waals surface area contributed by atoms with Crippen molar-refractivity contribution >= 4 is 16.8 Å². The fourth-order valence-electron chi connectivity index (χ4n) is 4.53. The molecule has 1 aliphatic heterocycles. The second-order valence-electron chi connectivity index (χ2n) is 8.39. The minimum Gasteiger partial charge on any atom is -0.343 e. The van der Waals surface area contributed by atoms with E-state index in [0.717, 1.165) is 52.1 Å². The molecule has 0 N–H and O–H groups in total. The smallest absolute Gasteiger partial charge is 0.222 e. The summed E-state index contributed by atoms with van der Waals surface area (Å²) >= 11 is 0. The van der Waals surface area contributed by atoms with E-state index >= 15 is 0 Å². The van der Waals surface area contributed by atoms with Gasteiger partial charge in [-0.3, -0.25) is 4.79 Å². The molecule has 30 heavy (non-hydrogen) atoms. The van der Waals surface area contributed by atoms with Gasteiger partial charge in [0.25, 0.3) is 0 Å². The summed E-state index contributed by atoms with van der Waals surface area (Å²) in [6, 6.07) is 17.2. The van der Waals surface area contributed by atoms with Crippen LogP contribution in [0.1, 0.15) is 36.5 Å². The van der Waals surface area contributed by atoms with E-state index in [0.29, 0.717) is 12.3 Å². The summed E-state index contributed by atoms with van der Waals surface area (Å²) in [6.45, 7) is 10.1. The molecule has 1 saturated heterocycles. The predicted molar refractivity (Wildman–Crippen MR) is 124 cm³/mol. The molecule has 1 fully saturated rings. The highest BCUT2D eigenvalue weighted by atomic mass is 16.2. The molecule has 158 valence electrons. The lowest BCUT2D eigenvalue weighted by molar-refractivity contribution is -0.133. The molecule has 4 nitrogen and oxygen atoms in total. The number of amides is 1. The van der Waals surface area contributed by atoms with Crippen molar-refractivity contribution in [1.82, 2.24) is 14.4 Å². The van der Waals surface area contributed by atoms with Crippen molar-refractivity contribution in [2.75, 3.05) is 32.7 Å². The molecule has 2 heterocycles. The van der Waals surface area contributed by atoms with E-state index in [1.807, 2.05) is 4.90 Å². The lowest BCUT2D eigenvalue weighted by Gasteiger charge is -2.34. The van der Waals surface area contributed by atoms with Crippen LogP contribution in [0.2, 0.25) is 0 Å². The molecule has 0 bridgehead atoms. The highest BCUT2D eigenvalue weighted by molar-refractivity contribution is 5.84. The average Bonchev–Trinajstić information content (AvgIpc) is 3.13. The molecule has 1 aromatic heterocycles. The summed E-state index contributed by atoms with van der Waals surface area (Å²) in [6.07, 6.45) is 4.79. The lowest BCUT2D eigenvalue weighted by Crippen LogP contribution is -2.48. The summed E-state index contributed by atoms with van der Waals surface area (Å²) in [7, 11) is 0. The zero-order valence-electron chi connectivity index (χ0n) is 18.3. The first-order chi connectivity index (χ1) is 14.7. The molecule has 0 aliphatic carbocycles. The third-order valence-electron chi connectivity index (χ3n) is 6.48. The number of rotatable bonds is 7.